The Morgan fingerprint density at radius 1 is 1.14 bits per heavy atom. The third kappa shape index (κ3) is 5.78. The van der Waals surface area contributed by atoms with Crippen LogP contribution >= 0.6 is 0 Å². The summed E-state index contributed by atoms with van der Waals surface area (Å²) in [6, 6.07) is 14.8. The Balaban J connectivity index is 1.51. The van der Waals surface area contributed by atoms with Gasteiger partial charge >= 0.3 is 0 Å². The Kier molecular flexibility index (Phi) is 7.07. The monoisotopic (exact) mass is 404 g/mol. The highest BCUT2D eigenvalue weighted by Crippen LogP contribution is 2.19. The van der Waals surface area contributed by atoms with Crippen LogP contribution in [0.4, 0.5) is 0 Å². The number of hydrogen-bond donors (Lipinski definition) is 2. The Bertz CT molecular complexity index is 860. The molecule has 0 saturated carbocycles. The predicted molar refractivity (Wildman–Crippen MR) is 109 cm³/mol. The Morgan fingerprint density at radius 3 is 2.54 bits per heavy atom. The summed E-state index contributed by atoms with van der Waals surface area (Å²) < 4.78 is 33.4. The molecule has 0 bridgehead atoms. The van der Waals surface area contributed by atoms with E-state index in [4.69, 9.17) is 9.84 Å². The number of sulfonamides is 1. The van der Waals surface area contributed by atoms with Crippen LogP contribution in [-0.4, -0.2) is 50.8 Å². The van der Waals surface area contributed by atoms with E-state index in [-0.39, 0.29) is 19.3 Å². The molecule has 1 aliphatic heterocycles. The van der Waals surface area contributed by atoms with Crippen LogP contribution in [-0.2, 0) is 16.6 Å². The van der Waals surface area contributed by atoms with Gasteiger partial charge in [0, 0.05) is 25.7 Å². The maximum Gasteiger partial charge on any atom is 0.240 e. The van der Waals surface area contributed by atoms with E-state index in [0.717, 1.165) is 49.4 Å². The lowest BCUT2D eigenvalue weighted by molar-refractivity contribution is 0.196. The van der Waals surface area contributed by atoms with Gasteiger partial charge in [-0.25, -0.2) is 13.1 Å². The molecule has 0 spiro atoms. The van der Waals surface area contributed by atoms with Gasteiger partial charge in [0.25, 0.3) is 0 Å². The number of benzene rings is 2. The second-order valence-electron chi connectivity index (χ2n) is 7.20. The number of aryl methyl sites for hydroxylation is 1. The van der Waals surface area contributed by atoms with E-state index in [1.165, 1.54) is 0 Å². The maximum absolute atomic E-state index is 12.6. The van der Waals surface area contributed by atoms with Crippen LogP contribution in [0.2, 0.25) is 0 Å². The SMILES string of the molecule is Cc1ccc(S(=O)(=O)NC2CCN(Cc3cccc(OCCO)c3)CC2)cc1. The second-order valence-corrected chi connectivity index (χ2v) is 8.92. The van der Waals surface area contributed by atoms with Gasteiger partial charge in [0.2, 0.25) is 10.0 Å². The zero-order chi connectivity index (χ0) is 20.0. The summed E-state index contributed by atoms with van der Waals surface area (Å²) in [5, 5.41) is 8.87. The summed E-state index contributed by atoms with van der Waals surface area (Å²) in [5.41, 5.74) is 2.19. The molecule has 0 radical (unpaired) electrons. The van der Waals surface area contributed by atoms with Gasteiger partial charge < -0.3 is 9.84 Å². The fraction of sp³-hybridized carbons (Fsp3) is 0.429. The van der Waals surface area contributed by atoms with Crippen LogP contribution in [0.25, 0.3) is 0 Å². The number of piperidine rings is 1. The first-order valence-electron chi connectivity index (χ1n) is 9.60. The second kappa shape index (κ2) is 9.52. The van der Waals surface area contributed by atoms with Crippen LogP contribution in [0.15, 0.2) is 53.4 Å². The van der Waals surface area contributed by atoms with Gasteiger partial charge in [0.05, 0.1) is 11.5 Å². The van der Waals surface area contributed by atoms with Crippen molar-refractivity contribution in [3.8, 4) is 5.75 Å². The average Bonchev–Trinajstić information content (AvgIpc) is 2.68. The first kappa shape index (κ1) is 20.8. The summed E-state index contributed by atoms with van der Waals surface area (Å²) in [7, 11) is -3.47. The molecule has 28 heavy (non-hydrogen) atoms. The van der Waals surface area contributed by atoms with Crippen molar-refractivity contribution in [2.45, 2.75) is 37.2 Å². The van der Waals surface area contributed by atoms with Crippen molar-refractivity contribution < 1.29 is 18.3 Å². The molecule has 1 aliphatic rings. The van der Waals surface area contributed by atoms with Crippen molar-refractivity contribution in [3.63, 3.8) is 0 Å². The molecule has 0 amide bonds. The molecule has 7 heteroatoms. The molecule has 3 rings (SSSR count). The standard InChI is InChI=1S/C21H28N2O4S/c1-17-5-7-21(8-6-17)28(25,26)22-19-9-11-23(12-10-19)16-18-3-2-4-20(15-18)27-14-13-24/h2-8,15,19,22,24H,9-14,16H2,1H3. The van der Waals surface area contributed by atoms with Gasteiger partial charge in [-0.05, 0) is 49.6 Å². The number of likely N-dealkylation sites (tertiary alicyclic amines) is 1. The van der Waals surface area contributed by atoms with E-state index in [9.17, 15) is 8.42 Å². The third-order valence-corrected chi connectivity index (χ3v) is 6.44. The number of aliphatic hydroxyl groups excluding tert-OH is 1. The highest BCUT2D eigenvalue weighted by molar-refractivity contribution is 7.89. The Labute approximate surface area is 167 Å². The van der Waals surface area contributed by atoms with Gasteiger partial charge in [-0.3, -0.25) is 4.90 Å². The van der Waals surface area contributed by atoms with E-state index in [1.54, 1.807) is 12.1 Å². The molecule has 2 aromatic rings. The number of nitrogens with zero attached hydrogens (tertiary/aromatic N) is 1. The first-order chi connectivity index (χ1) is 13.5. The molecule has 2 N–H and O–H groups in total. The lowest BCUT2D eigenvalue weighted by Gasteiger charge is -2.32. The number of ether oxygens (including phenoxy) is 1. The maximum atomic E-state index is 12.6. The zero-order valence-corrected chi connectivity index (χ0v) is 17.0. The van der Waals surface area contributed by atoms with E-state index >= 15 is 0 Å². The van der Waals surface area contributed by atoms with Gasteiger partial charge in [-0.1, -0.05) is 29.8 Å². The van der Waals surface area contributed by atoms with Crippen molar-refractivity contribution in [2.24, 2.45) is 0 Å². The molecule has 2 aromatic carbocycles. The summed E-state index contributed by atoms with van der Waals surface area (Å²) in [6.07, 6.45) is 1.57. The summed E-state index contributed by atoms with van der Waals surface area (Å²) in [6.45, 7) is 4.69. The minimum Gasteiger partial charge on any atom is -0.491 e. The minimum absolute atomic E-state index is 0.00373. The lowest BCUT2D eigenvalue weighted by atomic mass is 10.1. The van der Waals surface area contributed by atoms with Crippen molar-refractivity contribution in [2.75, 3.05) is 26.3 Å². The first-order valence-corrected chi connectivity index (χ1v) is 11.1. The summed E-state index contributed by atoms with van der Waals surface area (Å²) in [5.74, 6) is 0.757. The molecule has 0 aromatic heterocycles. The van der Waals surface area contributed by atoms with Gasteiger partial charge in [0.15, 0.2) is 0 Å². The molecule has 1 heterocycles. The number of hydrogen-bond acceptors (Lipinski definition) is 5. The highest BCUT2D eigenvalue weighted by atomic mass is 32.2. The third-order valence-electron chi connectivity index (χ3n) is 4.91. The molecule has 6 nitrogen and oxygen atoms in total. The van der Waals surface area contributed by atoms with Crippen LogP contribution in [0.1, 0.15) is 24.0 Å². The molecule has 0 unspecified atom stereocenters. The van der Waals surface area contributed by atoms with Crippen molar-refractivity contribution in [3.05, 3.63) is 59.7 Å². The number of aliphatic hydroxyl groups is 1. The number of nitrogens with one attached hydrogen (secondary N) is 1. The van der Waals surface area contributed by atoms with Crippen LogP contribution in [0.5, 0.6) is 5.75 Å². The summed E-state index contributed by atoms with van der Waals surface area (Å²) >= 11 is 0. The fourth-order valence-corrected chi connectivity index (χ4v) is 4.67. The van der Waals surface area contributed by atoms with Crippen molar-refractivity contribution >= 4 is 10.0 Å². The largest absolute Gasteiger partial charge is 0.491 e. The van der Waals surface area contributed by atoms with Crippen molar-refractivity contribution in [1.29, 1.82) is 0 Å². The molecule has 1 fully saturated rings. The van der Waals surface area contributed by atoms with E-state index in [2.05, 4.69) is 15.7 Å². The van der Waals surface area contributed by atoms with E-state index in [1.807, 2.05) is 37.3 Å². The average molecular weight is 405 g/mol. The normalized spacial score (nSPS) is 16.2. The van der Waals surface area contributed by atoms with Crippen LogP contribution in [0, 0.1) is 6.92 Å². The van der Waals surface area contributed by atoms with E-state index < -0.39 is 10.0 Å². The Morgan fingerprint density at radius 2 is 1.86 bits per heavy atom. The fourth-order valence-electron chi connectivity index (χ4n) is 3.37. The van der Waals surface area contributed by atoms with Crippen LogP contribution < -0.4 is 9.46 Å². The molecular formula is C21H28N2O4S. The van der Waals surface area contributed by atoms with Gasteiger partial charge in [0.1, 0.15) is 12.4 Å². The number of rotatable bonds is 8. The van der Waals surface area contributed by atoms with Gasteiger partial charge in [-0.15, -0.1) is 0 Å². The topological polar surface area (TPSA) is 78.9 Å². The van der Waals surface area contributed by atoms with E-state index in [0.29, 0.717) is 4.90 Å². The molecule has 0 atom stereocenters. The van der Waals surface area contributed by atoms with Crippen molar-refractivity contribution in [1.82, 2.24) is 9.62 Å². The summed E-state index contributed by atoms with van der Waals surface area (Å²) in [4.78, 5) is 2.64. The molecule has 152 valence electrons. The zero-order valence-electron chi connectivity index (χ0n) is 16.2. The molecular weight excluding hydrogens is 376 g/mol. The van der Waals surface area contributed by atoms with Crippen LogP contribution in [0.3, 0.4) is 0 Å². The minimum atomic E-state index is -3.47. The lowest BCUT2D eigenvalue weighted by Crippen LogP contribution is -2.44. The smallest absolute Gasteiger partial charge is 0.240 e. The molecule has 0 aliphatic carbocycles. The van der Waals surface area contributed by atoms with Gasteiger partial charge in [-0.2, -0.15) is 0 Å². The quantitative estimate of drug-likeness (QED) is 0.706. The predicted octanol–water partition coefficient (Wildman–Crippen LogP) is 2.31. The Hall–Kier alpha value is -1.93. The molecule has 1 saturated heterocycles. The highest BCUT2D eigenvalue weighted by Gasteiger charge is 2.24.